The van der Waals surface area contributed by atoms with Crippen LogP contribution in [0.3, 0.4) is 0 Å². The van der Waals surface area contributed by atoms with Crippen LogP contribution in [-0.4, -0.2) is 41.4 Å². The highest BCUT2D eigenvalue weighted by molar-refractivity contribution is 5.27. The van der Waals surface area contributed by atoms with Crippen LogP contribution in [0.15, 0.2) is 4.79 Å². The van der Waals surface area contributed by atoms with E-state index in [-0.39, 0.29) is 5.69 Å². The van der Waals surface area contributed by atoms with Gasteiger partial charge in [-0.2, -0.15) is 0 Å². The first kappa shape index (κ1) is 11.2. The van der Waals surface area contributed by atoms with Crippen LogP contribution < -0.4 is 15.9 Å². The average molecular weight is 225 g/mol. The molecule has 0 amide bonds. The lowest BCUT2D eigenvalue weighted by Gasteiger charge is -2.31. The highest BCUT2D eigenvalue weighted by Crippen LogP contribution is 2.18. The van der Waals surface area contributed by atoms with Crippen molar-refractivity contribution in [2.45, 2.75) is 19.8 Å². The van der Waals surface area contributed by atoms with Crippen LogP contribution in [-0.2, 0) is 0 Å². The Hall–Kier alpha value is -1.30. The van der Waals surface area contributed by atoms with Gasteiger partial charge >= 0.3 is 5.69 Å². The van der Waals surface area contributed by atoms with Gasteiger partial charge in [-0.15, -0.1) is 5.10 Å². The Bertz CT molecular complexity index is 363. The minimum absolute atomic E-state index is 0.232. The second kappa shape index (κ2) is 5.16. The van der Waals surface area contributed by atoms with Gasteiger partial charge in [-0.25, -0.2) is 9.89 Å². The van der Waals surface area contributed by atoms with Crippen LogP contribution in [0.4, 0.5) is 5.95 Å². The van der Waals surface area contributed by atoms with Crippen molar-refractivity contribution in [3.8, 4) is 0 Å². The van der Waals surface area contributed by atoms with E-state index in [1.54, 1.807) is 0 Å². The number of hydrogen-bond acceptors (Lipinski definition) is 4. The first-order valence-electron chi connectivity index (χ1n) is 5.90. The lowest BCUT2D eigenvalue weighted by Crippen LogP contribution is -2.38. The molecular weight excluding hydrogens is 206 g/mol. The van der Waals surface area contributed by atoms with E-state index in [9.17, 15) is 4.79 Å². The fourth-order valence-electron chi connectivity index (χ4n) is 2.11. The molecule has 1 aromatic rings. The maximum atomic E-state index is 10.9. The van der Waals surface area contributed by atoms with Gasteiger partial charge < -0.3 is 10.2 Å². The molecule has 90 valence electrons. The highest BCUT2D eigenvalue weighted by Gasteiger charge is 2.20. The summed E-state index contributed by atoms with van der Waals surface area (Å²) in [6, 6.07) is 0. The molecule has 0 aromatic carbocycles. The Balaban J connectivity index is 1.83. The first-order valence-corrected chi connectivity index (χ1v) is 5.90. The van der Waals surface area contributed by atoms with E-state index in [0.29, 0.717) is 5.95 Å². The lowest BCUT2D eigenvalue weighted by atomic mass is 9.97. The van der Waals surface area contributed by atoms with Crippen LogP contribution in [0.2, 0.25) is 0 Å². The Kier molecular flexibility index (Phi) is 3.61. The van der Waals surface area contributed by atoms with Crippen molar-refractivity contribution in [1.29, 1.82) is 0 Å². The maximum Gasteiger partial charge on any atom is 0.342 e. The molecule has 2 heterocycles. The molecule has 0 aliphatic carbocycles. The van der Waals surface area contributed by atoms with Gasteiger partial charge in [0.2, 0.25) is 5.95 Å². The molecule has 1 fully saturated rings. The average Bonchev–Trinajstić information content (AvgIpc) is 2.74. The fourth-order valence-corrected chi connectivity index (χ4v) is 2.11. The van der Waals surface area contributed by atoms with Crippen LogP contribution in [0.5, 0.6) is 0 Å². The molecule has 0 spiro atoms. The van der Waals surface area contributed by atoms with Crippen molar-refractivity contribution in [3.63, 3.8) is 0 Å². The van der Waals surface area contributed by atoms with Crippen LogP contribution >= 0.6 is 0 Å². The summed E-state index contributed by atoms with van der Waals surface area (Å²) < 4.78 is 0. The van der Waals surface area contributed by atoms with Crippen molar-refractivity contribution in [3.05, 3.63) is 10.5 Å². The number of piperidine rings is 1. The molecule has 0 atom stereocenters. The van der Waals surface area contributed by atoms with Crippen molar-refractivity contribution < 1.29 is 0 Å². The third-order valence-corrected chi connectivity index (χ3v) is 3.09. The van der Waals surface area contributed by atoms with Crippen LogP contribution in [0.1, 0.15) is 19.8 Å². The zero-order valence-electron chi connectivity index (χ0n) is 9.62. The maximum absolute atomic E-state index is 10.9. The lowest BCUT2D eigenvalue weighted by molar-refractivity contribution is 0.384. The fraction of sp³-hybridized carbons (Fsp3) is 0.800. The molecule has 0 radical (unpaired) electrons. The SMILES string of the molecule is CCNCC1CCN(c2n[nH]c(=O)[nH]2)CC1. The van der Waals surface area contributed by atoms with Crippen molar-refractivity contribution >= 4 is 5.95 Å². The van der Waals surface area contributed by atoms with Gasteiger partial charge in [-0.05, 0) is 31.8 Å². The van der Waals surface area contributed by atoms with E-state index in [1.165, 1.54) is 0 Å². The van der Waals surface area contributed by atoms with Gasteiger partial charge in [0.05, 0.1) is 0 Å². The van der Waals surface area contributed by atoms with E-state index in [1.807, 2.05) is 0 Å². The molecule has 16 heavy (non-hydrogen) atoms. The Morgan fingerprint density at radius 2 is 2.25 bits per heavy atom. The van der Waals surface area contributed by atoms with Gasteiger partial charge in [0.15, 0.2) is 0 Å². The third-order valence-electron chi connectivity index (χ3n) is 3.09. The predicted octanol–water partition coefficient (Wildman–Crippen LogP) is -0.0761. The smallest absolute Gasteiger partial charge is 0.341 e. The predicted molar refractivity (Wildman–Crippen MR) is 62.7 cm³/mol. The number of hydrogen-bond donors (Lipinski definition) is 3. The summed E-state index contributed by atoms with van der Waals surface area (Å²) in [7, 11) is 0. The van der Waals surface area contributed by atoms with Crippen molar-refractivity contribution in [1.82, 2.24) is 20.5 Å². The Morgan fingerprint density at radius 3 is 2.81 bits per heavy atom. The van der Waals surface area contributed by atoms with E-state index in [4.69, 9.17) is 0 Å². The standard InChI is InChI=1S/C10H19N5O/c1-2-11-7-8-3-5-15(6-4-8)9-12-10(16)14-13-9/h8,11H,2-7H2,1H3,(H2,12,13,14,16). The monoisotopic (exact) mass is 225 g/mol. The topological polar surface area (TPSA) is 76.8 Å². The van der Waals surface area contributed by atoms with Gasteiger partial charge in [0, 0.05) is 13.1 Å². The molecule has 6 heteroatoms. The molecule has 1 saturated heterocycles. The molecule has 3 N–H and O–H groups in total. The van der Waals surface area contributed by atoms with Gasteiger partial charge in [0.25, 0.3) is 0 Å². The number of nitrogens with one attached hydrogen (secondary N) is 3. The number of rotatable bonds is 4. The molecule has 0 saturated carbocycles. The zero-order chi connectivity index (χ0) is 11.4. The van der Waals surface area contributed by atoms with Gasteiger partial charge in [0.1, 0.15) is 0 Å². The van der Waals surface area contributed by atoms with E-state index in [0.717, 1.165) is 44.9 Å². The van der Waals surface area contributed by atoms with E-state index >= 15 is 0 Å². The van der Waals surface area contributed by atoms with E-state index < -0.39 is 0 Å². The summed E-state index contributed by atoms with van der Waals surface area (Å²) in [5.74, 6) is 1.42. The van der Waals surface area contributed by atoms with E-state index in [2.05, 4.69) is 32.3 Å². The second-order valence-electron chi connectivity index (χ2n) is 4.24. The van der Waals surface area contributed by atoms with Gasteiger partial charge in [-0.3, -0.25) is 4.98 Å². The molecule has 1 aliphatic rings. The van der Waals surface area contributed by atoms with Crippen molar-refractivity contribution in [2.75, 3.05) is 31.1 Å². The van der Waals surface area contributed by atoms with Crippen LogP contribution in [0, 0.1) is 5.92 Å². The molecule has 2 rings (SSSR count). The summed E-state index contributed by atoms with van der Waals surface area (Å²) in [6.45, 7) is 6.20. The number of aromatic amines is 2. The molecular formula is C10H19N5O. The highest BCUT2D eigenvalue weighted by atomic mass is 16.1. The number of anilines is 1. The molecule has 1 aliphatic heterocycles. The molecule has 6 nitrogen and oxygen atoms in total. The summed E-state index contributed by atoms with van der Waals surface area (Å²) in [5.41, 5.74) is -0.232. The second-order valence-corrected chi connectivity index (χ2v) is 4.24. The summed E-state index contributed by atoms with van der Waals surface area (Å²) in [5, 5.41) is 9.72. The molecule has 0 bridgehead atoms. The summed E-state index contributed by atoms with van der Waals surface area (Å²) in [4.78, 5) is 15.7. The first-order chi connectivity index (χ1) is 7.79. The molecule has 1 aromatic heterocycles. The third kappa shape index (κ3) is 2.63. The summed E-state index contributed by atoms with van der Waals surface area (Å²) in [6.07, 6.45) is 2.31. The minimum Gasteiger partial charge on any atom is -0.341 e. The number of nitrogens with zero attached hydrogens (tertiary/aromatic N) is 2. The Labute approximate surface area is 94.4 Å². The number of aromatic nitrogens is 3. The number of H-pyrrole nitrogens is 2. The minimum atomic E-state index is -0.232. The van der Waals surface area contributed by atoms with Crippen molar-refractivity contribution in [2.24, 2.45) is 5.92 Å². The quantitative estimate of drug-likeness (QED) is 0.670. The largest absolute Gasteiger partial charge is 0.342 e. The molecule has 0 unspecified atom stereocenters. The summed E-state index contributed by atoms with van der Waals surface area (Å²) >= 11 is 0. The zero-order valence-corrected chi connectivity index (χ0v) is 9.62. The van der Waals surface area contributed by atoms with Gasteiger partial charge in [-0.1, -0.05) is 6.92 Å². The Morgan fingerprint density at radius 1 is 1.50 bits per heavy atom. The normalized spacial score (nSPS) is 17.9. The van der Waals surface area contributed by atoms with Crippen LogP contribution in [0.25, 0.3) is 0 Å².